The molecule has 0 unspecified atom stereocenters. The van der Waals surface area contributed by atoms with E-state index in [1.54, 1.807) is 0 Å². The first kappa shape index (κ1) is 18.1. The van der Waals surface area contributed by atoms with Crippen molar-refractivity contribution in [3.63, 3.8) is 0 Å². The first-order chi connectivity index (χ1) is 11.5. The zero-order chi connectivity index (χ0) is 17.5. The van der Waals surface area contributed by atoms with Crippen LogP contribution in [0, 0.1) is 12.8 Å². The molecular weight excluding hydrogens is 326 g/mol. The molecule has 0 aliphatic carbocycles. The number of nitrogens with one attached hydrogen (secondary N) is 1. The SMILES string of the molecule is CCc1nnsc1C(=O)NC[C@@H](Cc1ccc(C)cc1)C(=O)OC. The third kappa shape index (κ3) is 4.61. The van der Waals surface area contributed by atoms with E-state index < -0.39 is 5.92 Å². The van der Waals surface area contributed by atoms with Gasteiger partial charge >= 0.3 is 5.97 Å². The molecule has 24 heavy (non-hydrogen) atoms. The number of ether oxygens (including phenoxy) is 1. The minimum absolute atomic E-state index is 0.209. The van der Waals surface area contributed by atoms with Gasteiger partial charge in [0.25, 0.3) is 5.91 Å². The van der Waals surface area contributed by atoms with Gasteiger partial charge in [0.1, 0.15) is 4.88 Å². The molecule has 0 radical (unpaired) electrons. The molecule has 6 nitrogen and oxygen atoms in total. The standard InChI is InChI=1S/C17H21N3O3S/c1-4-14-15(24-20-19-14)16(21)18-10-13(17(22)23-3)9-12-7-5-11(2)6-8-12/h5-8,13H,4,9-10H2,1-3H3,(H,18,21)/t13-/m1/s1. The van der Waals surface area contributed by atoms with Crippen LogP contribution in [0.4, 0.5) is 0 Å². The molecule has 0 fully saturated rings. The molecule has 0 spiro atoms. The third-order valence-electron chi connectivity index (χ3n) is 3.74. The highest BCUT2D eigenvalue weighted by Crippen LogP contribution is 2.14. The molecule has 0 bridgehead atoms. The Hall–Kier alpha value is -2.28. The Bertz CT molecular complexity index is 697. The quantitative estimate of drug-likeness (QED) is 0.776. The van der Waals surface area contributed by atoms with Crippen LogP contribution in [-0.2, 0) is 22.4 Å². The predicted octanol–water partition coefficient (Wildman–Crippen LogP) is 2.17. The van der Waals surface area contributed by atoms with Gasteiger partial charge in [0.15, 0.2) is 0 Å². The Balaban J connectivity index is 2.02. The summed E-state index contributed by atoms with van der Waals surface area (Å²) < 4.78 is 8.67. The van der Waals surface area contributed by atoms with Gasteiger partial charge in [-0.3, -0.25) is 9.59 Å². The van der Waals surface area contributed by atoms with Crippen molar-refractivity contribution in [1.82, 2.24) is 14.9 Å². The second kappa shape index (κ2) is 8.54. The van der Waals surface area contributed by atoms with Crippen LogP contribution in [0.5, 0.6) is 0 Å². The Morgan fingerprint density at radius 1 is 1.29 bits per heavy atom. The number of methoxy groups -OCH3 is 1. The third-order valence-corrected chi connectivity index (χ3v) is 4.51. The van der Waals surface area contributed by atoms with Crippen LogP contribution >= 0.6 is 11.5 Å². The highest BCUT2D eigenvalue weighted by atomic mass is 32.1. The smallest absolute Gasteiger partial charge is 0.310 e. The van der Waals surface area contributed by atoms with E-state index in [2.05, 4.69) is 14.9 Å². The number of amides is 1. The summed E-state index contributed by atoms with van der Waals surface area (Å²) >= 11 is 1.06. The lowest BCUT2D eigenvalue weighted by Gasteiger charge is -2.15. The van der Waals surface area contributed by atoms with E-state index in [0.29, 0.717) is 23.4 Å². The lowest BCUT2D eigenvalue weighted by molar-refractivity contribution is -0.145. The van der Waals surface area contributed by atoms with Crippen molar-refractivity contribution in [1.29, 1.82) is 0 Å². The maximum absolute atomic E-state index is 12.3. The fourth-order valence-corrected chi connectivity index (χ4v) is 2.99. The summed E-state index contributed by atoms with van der Waals surface area (Å²) in [6.45, 7) is 4.14. The Morgan fingerprint density at radius 3 is 2.62 bits per heavy atom. The van der Waals surface area contributed by atoms with Gasteiger partial charge in [-0.25, -0.2) is 0 Å². The topological polar surface area (TPSA) is 81.2 Å². The molecule has 1 aromatic heterocycles. The van der Waals surface area contributed by atoms with Crippen molar-refractivity contribution >= 4 is 23.4 Å². The number of carbonyl (C=O) groups excluding carboxylic acids is 2. The van der Waals surface area contributed by atoms with Gasteiger partial charge in [0.2, 0.25) is 0 Å². The molecule has 0 saturated carbocycles. The second-order valence-corrected chi connectivity index (χ2v) is 6.28. The van der Waals surface area contributed by atoms with Gasteiger partial charge in [0, 0.05) is 6.54 Å². The predicted molar refractivity (Wildman–Crippen MR) is 92.0 cm³/mol. The van der Waals surface area contributed by atoms with Crippen LogP contribution in [0.25, 0.3) is 0 Å². The van der Waals surface area contributed by atoms with E-state index in [1.807, 2.05) is 38.1 Å². The fourth-order valence-electron chi connectivity index (χ4n) is 2.32. The number of hydrogen-bond donors (Lipinski definition) is 1. The highest BCUT2D eigenvalue weighted by molar-refractivity contribution is 7.08. The maximum atomic E-state index is 12.3. The van der Waals surface area contributed by atoms with Gasteiger partial charge in [-0.05, 0) is 36.9 Å². The van der Waals surface area contributed by atoms with E-state index in [9.17, 15) is 9.59 Å². The van der Waals surface area contributed by atoms with Crippen molar-refractivity contribution < 1.29 is 14.3 Å². The summed E-state index contributed by atoms with van der Waals surface area (Å²) in [6.07, 6.45) is 1.15. The van der Waals surface area contributed by atoms with Crippen LogP contribution in [0.1, 0.15) is 33.4 Å². The Morgan fingerprint density at radius 2 is 2.00 bits per heavy atom. The maximum Gasteiger partial charge on any atom is 0.310 e. The lowest BCUT2D eigenvalue weighted by atomic mass is 9.98. The number of rotatable bonds is 7. The summed E-state index contributed by atoms with van der Waals surface area (Å²) in [6, 6.07) is 7.96. The Kier molecular flexibility index (Phi) is 6.43. The first-order valence-electron chi connectivity index (χ1n) is 7.78. The highest BCUT2D eigenvalue weighted by Gasteiger charge is 2.22. The Labute approximate surface area is 145 Å². The molecule has 0 aliphatic heterocycles. The van der Waals surface area contributed by atoms with Crippen LogP contribution in [-0.4, -0.2) is 35.1 Å². The number of benzene rings is 1. The van der Waals surface area contributed by atoms with Gasteiger partial charge in [-0.15, -0.1) is 5.10 Å². The summed E-state index contributed by atoms with van der Waals surface area (Å²) in [5.41, 5.74) is 2.86. The molecule has 128 valence electrons. The van der Waals surface area contributed by atoms with E-state index >= 15 is 0 Å². The molecule has 2 rings (SSSR count). The summed E-state index contributed by atoms with van der Waals surface area (Å²) in [5, 5.41) is 6.72. The normalized spacial score (nSPS) is 11.8. The molecular formula is C17H21N3O3S. The molecule has 1 amide bonds. The van der Waals surface area contributed by atoms with Crippen molar-refractivity contribution in [3.05, 3.63) is 46.0 Å². The molecule has 0 saturated heterocycles. The zero-order valence-corrected chi connectivity index (χ0v) is 14.9. The molecule has 2 aromatic rings. The first-order valence-corrected chi connectivity index (χ1v) is 8.55. The fraction of sp³-hybridized carbons (Fsp3) is 0.412. The van der Waals surface area contributed by atoms with E-state index in [1.165, 1.54) is 7.11 Å². The van der Waals surface area contributed by atoms with Gasteiger partial charge in [0.05, 0.1) is 18.7 Å². The van der Waals surface area contributed by atoms with Crippen molar-refractivity contribution in [2.75, 3.05) is 13.7 Å². The number of aryl methyl sites for hydroxylation is 2. The number of hydrogen-bond acceptors (Lipinski definition) is 6. The van der Waals surface area contributed by atoms with Gasteiger partial charge < -0.3 is 10.1 Å². The van der Waals surface area contributed by atoms with Crippen molar-refractivity contribution in [2.24, 2.45) is 5.92 Å². The zero-order valence-electron chi connectivity index (χ0n) is 14.0. The van der Waals surface area contributed by atoms with Crippen molar-refractivity contribution in [3.8, 4) is 0 Å². The van der Waals surface area contributed by atoms with Gasteiger partial charge in [-0.2, -0.15) is 0 Å². The number of aromatic nitrogens is 2. The van der Waals surface area contributed by atoms with Crippen molar-refractivity contribution in [2.45, 2.75) is 26.7 Å². The molecule has 1 N–H and O–H groups in total. The minimum atomic E-state index is -0.437. The van der Waals surface area contributed by atoms with Crippen LogP contribution in [0.2, 0.25) is 0 Å². The average molecular weight is 347 g/mol. The number of nitrogens with zero attached hydrogens (tertiary/aromatic N) is 2. The van der Waals surface area contributed by atoms with E-state index in [-0.39, 0.29) is 18.4 Å². The average Bonchev–Trinajstić information content (AvgIpc) is 3.08. The van der Waals surface area contributed by atoms with Crippen LogP contribution < -0.4 is 5.32 Å². The van der Waals surface area contributed by atoms with Crippen LogP contribution in [0.15, 0.2) is 24.3 Å². The lowest BCUT2D eigenvalue weighted by Crippen LogP contribution is -2.34. The summed E-state index contributed by atoms with van der Waals surface area (Å²) in [4.78, 5) is 24.8. The van der Waals surface area contributed by atoms with E-state index in [0.717, 1.165) is 22.7 Å². The summed E-state index contributed by atoms with van der Waals surface area (Å²) in [5.74, 6) is -1.03. The monoisotopic (exact) mass is 347 g/mol. The number of carbonyl (C=O) groups is 2. The van der Waals surface area contributed by atoms with E-state index in [4.69, 9.17) is 4.74 Å². The second-order valence-electron chi connectivity index (χ2n) is 5.52. The number of esters is 1. The molecule has 1 heterocycles. The molecule has 1 atom stereocenters. The largest absolute Gasteiger partial charge is 0.469 e. The molecule has 7 heteroatoms. The van der Waals surface area contributed by atoms with Gasteiger partial charge in [-0.1, -0.05) is 41.2 Å². The molecule has 1 aromatic carbocycles. The summed E-state index contributed by atoms with van der Waals surface area (Å²) in [7, 11) is 1.36. The molecule has 0 aliphatic rings. The van der Waals surface area contributed by atoms with Crippen LogP contribution in [0.3, 0.4) is 0 Å². The minimum Gasteiger partial charge on any atom is -0.469 e.